The molecule has 0 aliphatic carbocycles. The number of nitrogens with zero attached hydrogens (tertiary/aromatic N) is 4. The summed E-state index contributed by atoms with van der Waals surface area (Å²) in [5.74, 6) is 1.82. The number of hydrogen-bond acceptors (Lipinski definition) is 4. The summed E-state index contributed by atoms with van der Waals surface area (Å²) in [5, 5.41) is 3.37. The van der Waals surface area contributed by atoms with E-state index >= 15 is 0 Å². The zero-order chi connectivity index (χ0) is 20.1. The van der Waals surface area contributed by atoms with Crippen LogP contribution in [0.2, 0.25) is 0 Å². The van der Waals surface area contributed by atoms with Crippen LogP contribution in [0, 0.1) is 0 Å². The molecule has 4 rings (SSSR count). The largest absolute Gasteiger partial charge is 0.368 e. The van der Waals surface area contributed by atoms with Gasteiger partial charge in [-0.1, -0.05) is 30.3 Å². The standard InChI is InChI=1S/C21H28N6O2/c1-22-21(24-15-19-23-14-17(25-19)16-6-3-2-4-7-16)27-11-9-26(10-12-27)20(28)18-8-5-13-29-18/h2-4,6-7,14,18H,5,8-13,15H2,1H3,(H,22,24)(H,23,25). The average molecular weight is 396 g/mol. The molecule has 0 spiro atoms. The van der Waals surface area contributed by atoms with Gasteiger partial charge < -0.3 is 24.8 Å². The van der Waals surface area contributed by atoms with Gasteiger partial charge in [-0.3, -0.25) is 9.79 Å². The number of aromatic amines is 1. The van der Waals surface area contributed by atoms with E-state index in [4.69, 9.17) is 4.74 Å². The van der Waals surface area contributed by atoms with Gasteiger partial charge in [0.2, 0.25) is 0 Å². The maximum atomic E-state index is 12.5. The third-order valence-corrected chi connectivity index (χ3v) is 5.43. The molecule has 1 aromatic heterocycles. The molecule has 2 saturated heterocycles. The van der Waals surface area contributed by atoms with Gasteiger partial charge in [0.05, 0.1) is 18.4 Å². The van der Waals surface area contributed by atoms with E-state index in [-0.39, 0.29) is 12.0 Å². The van der Waals surface area contributed by atoms with Gasteiger partial charge in [0.1, 0.15) is 11.9 Å². The van der Waals surface area contributed by atoms with Crippen LogP contribution in [0.15, 0.2) is 41.5 Å². The highest BCUT2D eigenvalue weighted by atomic mass is 16.5. The van der Waals surface area contributed by atoms with E-state index in [0.29, 0.717) is 26.2 Å². The van der Waals surface area contributed by atoms with Gasteiger partial charge in [-0.15, -0.1) is 0 Å². The van der Waals surface area contributed by atoms with Crippen molar-refractivity contribution in [3.05, 3.63) is 42.4 Å². The number of benzene rings is 1. The predicted octanol–water partition coefficient (Wildman–Crippen LogP) is 1.48. The molecule has 2 fully saturated rings. The van der Waals surface area contributed by atoms with Crippen LogP contribution >= 0.6 is 0 Å². The monoisotopic (exact) mass is 396 g/mol. The van der Waals surface area contributed by atoms with Crippen LogP contribution in [-0.2, 0) is 16.1 Å². The highest BCUT2D eigenvalue weighted by molar-refractivity contribution is 5.82. The van der Waals surface area contributed by atoms with Crippen molar-refractivity contribution in [3.63, 3.8) is 0 Å². The van der Waals surface area contributed by atoms with Crippen molar-refractivity contribution in [1.82, 2.24) is 25.1 Å². The number of carbonyl (C=O) groups excluding carboxylic acids is 1. The SMILES string of the molecule is CN=C(NCc1ncc(-c2ccccc2)[nH]1)N1CCN(C(=O)C2CCCO2)CC1. The van der Waals surface area contributed by atoms with E-state index in [1.807, 2.05) is 29.3 Å². The predicted molar refractivity (Wildman–Crippen MR) is 111 cm³/mol. The average Bonchev–Trinajstić information content (AvgIpc) is 3.47. The number of nitrogens with one attached hydrogen (secondary N) is 2. The molecule has 2 aliphatic heterocycles. The molecule has 8 heteroatoms. The summed E-state index contributed by atoms with van der Waals surface area (Å²) in [4.78, 5) is 28.8. The Morgan fingerprint density at radius 2 is 2.00 bits per heavy atom. The minimum absolute atomic E-state index is 0.133. The van der Waals surface area contributed by atoms with Crippen molar-refractivity contribution in [1.29, 1.82) is 0 Å². The molecule has 154 valence electrons. The summed E-state index contributed by atoms with van der Waals surface area (Å²) >= 11 is 0. The third kappa shape index (κ3) is 4.59. The van der Waals surface area contributed by atoms with Gasteiger partial charge in [0.25, 0.3) is 5.91 Å². The van der Waals surface area contributed by atoms with Crippen LogP contribution < -0.4 is 5.32 Å². The van der Waals surface area contributed by atoms with E-state index in [9.17, 15) is 4.79 Å². The van der Waals surface area contributed by atoms with E-state index < -0.39 is 0 Å². The molecule has 1 unspecified atom stereocenters. The fourth-order valence-electron chi connectivity index (χ4n) is 3.83. The van der Waals surface area contributed by atoms with Crippen LogP contribution in [0.25, 0.3) is 11.3 Å². The lowest BCUT2D eigenvalue weighted by Crippen LogP contribution is -2.55. The van der Waals surface area contributed by atoms with Crippen molar-refractivity contribution in [3.8, 4) is 11.3 Å². The summed E-state index contributed by atoms with van der Waals surface area (Å²) in [5.41, 5.74) is 2.11. The van der Waals surface area contributed by atoms with E-state index in [0.717, 1.165) is 49.0 Å². The normalized spacial score (nSPS) is 20.2. The van der Waals surface area contributed by atoms with Gasteiger partial charge >= 0.3 is 0 Å². The number of imidazole rings is 1. The molecule has 0 saturated carbocycles. The van der Waals surface area contributed by atoms with Gasteiger partial charge in [0, 0.05) is 39.8 Å². The third-order valence-electron chi connectivity index (χ3n) is 5.43. The molecule has 1 amide bonds. The van der Waals surface area contributed by atoms with Gasteiger partial charge in [0.15, 0.2) is 5.96 Å². The van der Waals surface area contributed by atoms with Crippen molar-refractivity contribution in [2.45, 2.75) is 25.5 Å². The van der Waals surface area contributed by atoms with Crippen LogP contribution in [-0.4, -0.2) is 77.6 Å². The van der Waals surface area contributed by atoms with Gasteiger partial charge in [-0.05, 0) is 18.4 Å². The second-order valence-corrected chi connectivity index (χ2v) is 7.32. The van der Waals surface area contributed by atoms with Crippen molar-refractivity contribution in [2.24, 2.45) is 4.99 Å². The first kappa shape index (κ1) is 19.4. The molecular weight excluding hydrogens is 368 g/mol. The number of aliphatic imine (C=N–C) groups is 1. The van der Waals surface area contributed by atoms with E-state index in [1.165, 1.54) is 0 Å². The van der Waals surface area contributed by atoms with Crippen LogP contribution in [0.5, 0.6) is 0 Å². The zero-order valence-electron chi connectivity index (χ0n) is 16.8. The number of carbonyl (C=O) groups is 1. The lowest BCUT2D eigenvalue weighted by Gasteiger charge is -2.37. The van der Waals surface area contributed by atoms with Crippen LogP contribution in [0.4, 0.5) is 0 Å². The molecule has 0 radical (unpaired) electrons. The number of aromatic nitrogens is 2. The topological polar surface area (TPSA) is 85.9 Å². The molecule has 2 N–H and O–H groups in total. The Bertz CT molecular complexity index is 836. The molecule has 29 heavy (non-hydrogen) atoms. The highest BCUT2D eigenvalue weighted by Crippen LogP contribution is 2.17. The second kappa shape index (κ2) is 9.09. The molecule has 1 atom stereocenters. The summed E-state index contributed by atoms with van der Waals surface area (Å²) < 4.78 is 5.53. The van der Waals surface area contributed by atoms with Crippen molar-refractivity contribution in [2.75, 3.05) is 39.8 Å². The first-order valence-electron chi connectivity index (χ1n) is 10.2. The molecule has 1 aromatic carbocycles. The Labute approximate surface area is 171 Å². The number of piperazine rings is 1. The molecule has 0 bridgehead atoms. The Kier molecular flexibility index (Phi) is 6.09. The summed E-state index contributed by atoms with van der Waals surface area (Å²) in [7, 11) is 1.78. The summed E-state index contributed by atoms with van der Waals surface area (Å²) in [6.45, 7) is 4.16. The van der Waals surface area contributed by atoms with Crippen LogP contribution in [0.3, 0.4) is 0 Å². The molecule has 2 aliphatic rings. The number of ether oxygens (including phenoxy) is 1. The Morgan fingerprint density at radius 3 is 2.69 bits per heavy atom. The van der Waals surface area contributed by atoms with Crippen LogP contribution in [0.1, 0.15) is 18.7 Å². The Balaban J connectivity index is 1.28. The summed E-state index contributed by atoms with van der Waals surface area (Å²) in [6.07, 6.45) is 3.43. The zero-order valence-corrected chi connectivity index (χ0v) is 16.8. The smallest absolute Gasteiger partial charge is 0.251 e. The molecular formula is C21H28N6O2. The Morgan fingerprint density at radius 1 is 1.24 bits per heavy atom. The first-order chi connectivity index (χ1) is 14.2. The molecule has 8 nitrogen and oxygen atoms in total. The maximum absolute atomic E-state index is 12.5. The van der Waals surface area contributed by atoms with Crippen molar-refractivity contribution < 1.29 is 9.53 Å². The molecule has 3 heterocycles. The highest BCUT2D eigenvalue weighted by Gasteiger charge is 2.30. The van der Waals surface area contributed by atoms with Gasteiger partial charge in [-0.25, -0.2) is 4.98 Å². The Hall–Kier alpha value is -2.87. The van der Waals surface area contributed by atoms with E-state index in [2.05, 4.69) is 37.3 Å². The first-order valence-corrected chi connectivity index (χ1v) is 10.2. The number of guanidine groups is 1. The fourth-order valence-corrected chi connectivity index (χ4v) is 3.83. The number of H-pyrrole nitrogens is 1. The molecule has 2 aromatic rings. The quantitative estimate of drug-likeness (QED) is 0.604. The lowest BCUT2D eigenvalue weighted by atomic mass is 10.2. The number of rotatable bonds is 4. The minimum Gasteiger partial charge on any atom is -0.368 e. The van der Waals surface area contributed by atoms with Crippen molar-refractivity contribution >= 4 is 11.9 Å². The fraction of sp³-hybridized carbons (Fsp3) is 0.476. The lowest BCUT2D eigenvalue weighted by molar-refractivity contribution is -0.142. The summed E-state index contributed by atoms with van der Waals surface area (Å²) in [6, 6.07) is 10.1. The number of hydrogen-bond donors (Lipinski definition) is 2. The number of amides is 1. The minimum atomic E-state index is -0.239. The van der Waals surface area contributed by atoms with E-state index in [1.54, 1.807) is 7.05 Å². The van der Waals surface area contributed by atoms with Gasteiger partial charge in [-0.2, -0.15) is 0 Å². The maximum Gasteiger partial charge on any atom is 0.251 e. The second-order valence-electron chi connectivity index (χ2n) is 7.32.